The number of carbonyl (C=O) groups is 3. The summed E-state index contributed by atoms with van der Waals surface area (Å²) in [7, 11) is 0. The fourth-order valence-corrected chi connectivity index (χ4v) is 2.00. The van der Waals surface area contributed by atoms with Gasteiger partial charge in [-0.15, -0.1) is 0 Å². The van der Waals surface area contributed by atoms with E-state index in [1.807, 2.05) is 0 Å². The van der Waals surface area contributed by atoms with Crippen LogP contribution in [0.5, 0.6) is 0 Å². The topological polar surface area (TPSA) is 111 Å². The summed E-state index contributed by atoms with van der Waals surface area (Å²) < 4.78 is 15.0. The summed E-state index contributed by atoms with van der Waals surface area (Å²) in [4.78, 5) is 36.0. The summed E-state index contributed by atoms with van der Waals surface area (Å²) in [5.74, 6) is -4.39. The fourth-order valence-electron chi connectivity index (χ4n) is 2.00. The minimum absolute atomic E-state index is 0.333. The van der Waals surface area contributed by atoms with Crippen LogP contribution in [0, 0.1) is 5.92 Å². The standard InChI is InChI=1S/C16H25NO7/c1-8(2)10(17-14(21)24-15(3,4)5)11(18)9-12(19)22-16(6,7)23-13(9)20/h8,10,18H,1-7H3,(H,17,21)/t10-/m1/s1. The Bertz CT molecular complexity index is 547. The quantitative estimate of drug-likeness (QED) is 0.350. The second kappa shape index (κ2) is 6.70. The highest BCUT2D eigenvalue weighted by Gasteiger charge is 2.43. The monoisotopic (exact) mass is 343 g/mol. The van der Waals surface area contributed by atoms with Gasteiger partial charge in [-0.2, -0.15) is 0 Å². The molecule has 0 aliphatic carbocycles. The Hall–Kier alpha value is -2.25. The third kappa shape index (κ3) is 5.14. The van der Waals surface area contributed by atoms with Crippen LogP contribution in [-0.4, -0.2) is 40.6 Å². The van der Waals surface area contributed by atoms with E-state index < -0.39 is 46.8 Å². The number of aliphatic hydroxyl groups excluding tert-OH is 1. The molecule has 1 heterocycles. The molecule has 1 aliphatic heterocycles. The number of esters is 2. The Kier molecular flexibility index (Phi) is 5.53. The van der Waals surface area contributed by atoms with E-state index in [1.165, 1.54) is 13.8 Å². The molecule has 8 heteroatoms. The van der Waals surface area contributed by atoms with Crippen molar-refractivity contribution in [2.24, 2.45) is 5.92 Å². The van der Waals surface area contributed by atoms with Crippen molar-refractivity contribution in [2.45, 2.75) is 65.9 Å². The molecule has 0 aromatic heterocycles. The Balaban J connectivity index is 3.09. The molecule has 0 radical (unpaired) electrons. The molecule has 136 valence electrons. The van der Waals surface area contributed by atoms with Gasteiger partial charge in [-0.1, -0.05) is 13.8 Å². The third-order valence-electron chi connectivity index (χ3n) is 2.97. The average molecular weight is 343 g/mol. The highest BCUT2D eigenvalue weighted by atomic mass is 16.7. The van der Waals surface area contributed by atoms with Gasteiger partial charge in [-0.3, -0.25) is 0 Å². The first-order chi connectivity index (χ1) is 10.7. The zero-order valence-corrected chi connectivity index (χ0v) is 15.1. The van der Waals surface area contributed by atoms with Gasteiger partial charge < -0.3 is 24.6 Å². The molecule has 2 N–H and O–H groups in total. The Morgan fingerprint density at radius 1 is 1.17 bits per heavy atom. The van der Waals surface area contributed by atoms with Crippen LogP contribution >= 0.6 is 0 Å². The van der Waals surface area contributed by atoms with E-state index in [0.29, 0.717) is 0 Å². The lowest BCUT2D eigenvalue weighted by atomic mass is 9.98. The fraction of sp³-hybridized carbons (Fsp3) is 0.688. The summed E-state index contributed by atoms with van der Waals surface area (Å²) >= 11 is 0. The van der Waals surface area contributed by atoms with Crippen LogP contribution in [0.4, 0.5) is 4.79 Å². The molecule has 1 saturated heterocycles. The van der Waals surface area contributed by atoms with Crippen molar-refractivity contribution in [3.63, 3.8) is 0 Å². The lowest BCUT2D eigenvalue weighted by Crippen LogP contribution is -2.47. The predicted molar refractivity (Wildman–Crippen MR) is 83.9 cm³/mol. The third-order valence-corrected chi connectivity index (χ3v) is 2.97. The number of hydrogen-bond donors (Lipinski definition) is 2. The lowest BCUT2D eigenvalue weighted by molar-refractivity contribution is -0.222. The van der Waals surface area contributed by atoms with Gasteiger partial charge in [0, 0.05) is 13.8 Å². The molecule has 1 rings (SSSR count). The van der Waals surface area contributed by atoms with Crippen molar-refractivity contribution in [3.8, 4) is 0 Å². The SMILES string of the molecule is CC(C)[C@@H](NC(=O)OC(C)(C)C)C(O)=C1C(=O)OC(C)(C)OC1=O. The van der Waals surface area contributed by atoms with Gasteiger partial charge in [0.05, 0.1) is 6.04 Å². The minimum atomic E-state index is -1.41. The Labute approximate surface area is 141 Å². The number of amides is 1. The number of cyclic esters (lactones) is 2. The van der Waals surface area contributed by atoms with Crippen LogP contribution in [-0.2, 0) is 23.8 Å². The van der Waals surface area contributed by atoms with Gasteiger partial charge in [0.15, 0.2) is 5.57 Å². The molecule has 24 heavy (non-hydrogen) atoms. The molecule has 0 aromatic rings. The van der Waals surface area contributed by atoms with E-state index in [0.717, 1.165) is 0 Å². The molecule has 8 nitrogen and oxygen atoms in total. The molecule has 0 unspecified atom stereocenters. The maximum absolute atomic E-state index is 12.0. The highest BCUT2D eigenvalue weighted by molar-refractivity contribution is 6.15. The van der Waals surface area contributed by atoms with Gasteiger partial charge in [0.1, 0.15) is 11.4 Å². The second-order valence-corrected chi connectivity index (χ2v) is 7.31. The van der Waals surface area contributed by atoms with Gasteiger partial charge in [-0.05, 0) is 26.7 Å². The molecule has 1 aliphatic rings. The molecule has 0 aromatic carbocycles. The normalized spacial score (nSPS) is 18.6. The number of ether oxygens (including phenoxy) is 3. The lowest BCUT2D eigenvalue weighted by Gasteiger charge is -2.31. The van der Waals surface area contributed by atoms with Crippen molar-refractivity contribution in [1.29, 1.82) is 0 Å². The Morgan fingerprint density at radius 2 is 1.62 bits per heavy atom. The minimum Gasteiger partial charge on any atom is -0.509 e. The molecular formula is C16H25NO7. The molecule has 1 atom stereocenters. The molecule has 1 fully saturated rings. The van der Waals surface area contributed by atoms with Crippen LogP contribution in [0.25, 0.3) is 0 Å². The van der Waals surface area contributed by atoms with E-state index in [9.17, 15) is 19.5 Å². The van der Waals surface area contributed by atoms with Crippen LogP contribution in [0.15, 0.2) is 11.3 Å². The number of carbonyl (C=O) groups excluding carboxylic acids is 3. The molecule has 1 amide bonds. The first-order valence-corrected chi connectivity index (χ1v) is 7.63. The number of nitrogens with one attached hydrogen (secondary N) is 1. The molecule has 0 spiro atoms. The zero-order valence-electron chi connectivity index (χ0n) is 15.1. The summed E-state index contributed by atoms with van der Waals surface area (Å²) in [6, 6.07) is -1.02. The predicted octanol–water partition coefficient (Wildman–Crippen LogP) is 2.18. The first kappa shape index (κ1) is 19.8. The van der Waals surface area contributed by atoms with Crippen LogP contribution < -0.4 is 5.32 Å². The van der Waals surface area contributed by atoms with Crippen molar-refractivity contribution in [1.82, 2.24) is 5.32 Å². The maximum atomic E-state index is 12.0. The smallest absolute Gasteiger partial charge is 0.408 e. The summed E-state index contributed by atoms with van der Waals surface area (Å²) in [6.45, 7) is 11.3. The number of rotatable bonds is 3. The van der Waals surface area contributed by atoms with Crippen molar-refractivity contribution in [3.05, 3.63) is 11.3 Å². The van der Waals surface area contributed by atoms with Crippen LogP contribution in [0.1, 0.15) is 48.5 Å². The average Bonchev–Trinajstić information content (AvgIpc) is 2.30. The number of aliphatic hydroxyl groups is 1. The largest absolute Gasteiger partial charge is 0.509 e. The van der Waals surface area contributed by atoms with E-state index in [1.54, 1.807) is 34.6 Å². The van der Waals surface area contributed by atoms with E-state index in [-0.39, 0.29) is 5.92 Å². The zero-order chi connectivity index (χ0) is 18.9. The van der Waals surface area contributed by atoms with E-state index in [2.05, 4.69) is 5.32 Å². The van der Waals surface area contributed by atoms with Crippen molar-refractivity contribution in [2.75, 3.05) is 0 Å². The highest BCUT2D eigenvalue weighted by Crippen LogP contribution is 2.26. The molecular weight excluding hydrogens is 318 g/mol. The summed E-state index contributed by atoms with van der Waals surface area (Å²) in [5.41, 5.74) is -1.37. The first-order valence-electron chi connectivity index (χ1n) is 7.63. The maximum Gasteiger partial charge on any atom is 0.408 e. The second-order valence-electron chi connectivity index (χ2n) is 7.31. The molecule has 0 saturated carbocycles. The number of hydrogen-bond acceptors (Lipinski definition) is 7. The summed E-state index contributed by atoms with van der Waals surface area (Å²) in [6.07, 6.45) is -0.786. The molecule has 0 bridgehead atoms. The van der Waals surface area contributed by atoms with Crippen molar-refractivity contribution < 1.29 is 33.7 Å². The van der Waals surface area contributed by atoms with Crippen LogP contribution in [0.2, 0.25) is 0 Å². The summed E-state index contributed by atoms with van der Waals surface area (Å²) in [5, 5.41) is 12.8. The Morgan fingerprint density at radius 3 is 2.00 bits per heavy atom. The van der Waals surface area contributed by atoms with Gasteiger partial charge >= 0.3 is 18.0 Å². The van der Waals surface area contributed by atoms with Crippen molar-refractivity contribution >= 4 is 18.0 Å². The van der Waals surface area contributed by atoms with E-state index >= 15 is 0 Å². The number of alkyl carbamates (subject to hydrolysis) is 1. The van der Waals surface area contributed by atoms with Crippen LogP contribution in [0.3, 0.4) is 0 Å². The van der Waals surface area contributed by atoms with E-state index in [4.69, 9.17) is 14.2 Å². The van der Waals surface area contributed by atoms with Gasteiger partial charge in [0.25, 0.3) is 5.79 Å². The van der Waals surface area contributed by atoms with Gasteiger partial charge in [-0.25, -0.2) is 14.4 Å². The van der Waals surface area contributed by atoms with Gasteiger partial charge in [0.2, 0.25) is 0 Å².